The van der Waals surface area contributed by atoms with Crippen LogP contribution in [0.25, 0.3) is 0 Å². The minimum absolute atomic E-state index is 0.101. The molecule has 0 aromatic carbocycles. The first-order chi connectivity index (χ1) is 8.20. The molecule has 3 heteroatoms. The van der Waals surface area contributed by atoms with Gasteiger partial charge in [0.1, 0.15) is 0 Å². The van der Waals surface area contributed by atoms with Crippen LogP contribution in [0.1, 0.15) is 51.9 Å². The molecule has 0 aromatic rings. The Kier molecular flexibility index (Phi) is 4.43. The summed E-state index contributed by atoms with van der Waals surface area (Å²) in [4.78, 5) is 14.1. The second kappa shape index (κ2) is 5.85. The zero-order valence-corrected chi connectivity index (χ0v) is 10.9. The van der Waals surface area contributed by atoms with E-state index in [0.29, 0.717) is 24.9 Å². The lowest BCUT2D eigenvalue weighted by atomic mass is 9.80. The number of rotatable bonds is 5. The number of hydrogen-bond donors (Lipinski definition) is 1. The number of carbonyl (C=O) groups excluding carboxylic acids is 1. The van der Waals surface area contributed by atoms with Crippen LogP contribution in [0.15, 0.2) is 0 Å². The molecule has 0 heterocycles. The third-order valence-corrected chi connectivity index (χ3v) is 4.16. The summed E-state index contributed by atoms with van der Waals surface area (Å²) < 4.78 is 0. The molecule has 1 amide bonds. The highest BCUT2D eigenvalue weighted by Gasteiger charge is 2.33. The average Bonchev–Trinajstić information content (AvgIpc) is 3.09. The standard InChI is InChI=1S/C14H25NO2/c1-11-3-2-4-12(9-11)10-14(17)15(7-8-16)13-5-6-13/h11-13,16H,2-10H2,1H3. The molecule has 0 saturated heterocycles. The monoisotopic (exact) mass is 239 g/mol. The van der Waals surface area contributed by atoms with Gasteiger partial charge in [-0.25, -0.2) is 0 Å². The van der Waals surface area contributed by atoms with Gasteiger partial charge < -0.3 is 10.0 Å². The van der Waals surface area contributed by atoms with Crippen LogP contribution in [-0.4, -0.2) is 35.1 Å². The summed E-state index contributed by atoms with van der Waals surface area (Å²) in [6, 6.07) is 0.440. The molecule has 2 aliphatic carbocycles. The van der Waals surface area contributed by atoms with E-state index in [-0.39, 0.29) is 12.5 Å². The first-order valence-corrected chi connectivity index (χ1v) is 7.11. The Morgan fingerprint density at radius 3 is 2.65 bits per heavy atom. The van der Waals surface area contributed by atoms with Gasteiger partial charge in [0.2, 0.25) is 5.91 Å². The number of aliphatic hydroxyl groups is 1. The van der Waals surface area contributed by atoms with Crippen molar-refractivity contribution in [3.8, 4) is 0 Å². The molecule has 17 heavy (non-hydrogen) atoms. The molecule has 0 bridgehead atoms. The van der Waals surface area contributed by atoms with Crippen molar-refractivity contribution in [3.05, 3.63) is 0 Å². The first kappa shape index (κ1) is 12.9. The Morgan fingerprint density at radius 1 is 1.29 bits per heavy atom. The van der Waals surface area contributed by atoms with E-state index in [2.05, 4.69) is 6.92 Å². The summed E-state index contributed by atoms with van der Waals surface area (Å²) in [6.07, 6.45) is 8.01. The summed E-state index contributed by atoms with van der Waals surface area (Å²) in [5, 5.41) is 9.02. The van der Waals surface area contributed by atoms with Crippen LogP contribution in [-0.2, 0) is 4.79 Å². The maximum Gasteiger partial charge on any atom is 0.223 e. The van der Waals surface area contributed by atoms with E-state index >= 15 is 0 Å². The topological polar surface area (TPSA) is 40.5 Å². The molecule has 2 rings (SSSR count). The van der Waals surface area contributed by atoms with E-state index in [1.54, 1.807) is 0 Å². The molecule has 0 spiro atoms. The second-order valence-electron chi connectivity index (χ2n) is 5.88. The minimum Gasteiger partial charge on any atom is -0.395 e. The molecule has 2 atom stereocenters. The van der Waals surface area contributed by atoms with Crippen LogP contribution in [0.5, 0.6) is 0 Å². The summed E-state index contributed by atoms with van der Waals surface area (Å²) in [7, 11) is 0. The summed E-state index contributed by atoms with van der Waals surface area (Å²) in [5.74, 6) is 1.65. The van der Waals surface area contributed by atoms with E-state index < -0.39 is 0 Å². The van der Waals surface area contributed by atoms with Crippen molar-refractivity contribution >= 4 is 5.91 Å². The number of amides is 1. The molecule has 2 fully saturated rings. The van der Waals surface area contributed by atoms with E-state index in [1.807, 2.05) is 4.90 Å². The van der Waals surface area contributed by atoms with Crippen LogP contribution in [0.3, 0.4) is 0 Å². The fourth-order valence-corrected chi connectivity index (χ4v) is 3.11. The van der Waals surface area contributed by atoms with Gasteiger partial charge in [-0.3, -0.25) is 4.79 Å². The van der Waals surface area contributed by atoms with Gasteiger partial charge in [0, 0.05) is 19.0 Å². The maximum absolute atomic E-state index is 12.2. The zero-order valence-electron chi connectivity index (χ0n) is 10.9. The van der Waals surface area contributed by atoms with E-state index in [0.717, 1.165) is 18.8 Å². The van der Waals surface area contributed by atoms with Crippen molar-refractivity contribution < 1.29 is 9.90 Å². The first-order valence-electron chi connectivity index (χ1n) is 7.11. The smallest absolute Gasteiger partial charge is 0.223 e. The van der Waals surface area contributed by atoms with Crippen LogP contribution in [0, 0.1) is 11.8 Å². The molecule has 2 unspecified atom stereocenters. The van der Waals surface area contributed by atoms with Crippen LogP contribution < -0.4 is 0 Å². The molecular formula is C14H25NO2. The molecule has 98 valence electrons. The van der Waals surface area contributed by atoms with Gasteiger partial charge in [-0.2, -0.15) is 0 Å². The molecule has 3 nitrogen and oxygen atoms in total. The lowest BCUT2D eigenvalue weighted by Gasteiger charge is -2.29. The quantitative estimate of drug-likeness (QED) is 0.799. The number of aliphatic hydroxyl groups excluding tert-OH is 1. The second-order valence-corrected chi connectivity index (χ2v) is 5.88. The highest BCUT2D eigenvalue weighted by atomic mass is 16.3. The van der Waals surface area contributed by atoms with Crippen molar-refractivity contribution in [2.24, 2.45) is 11.8 Å². The fourth-order valence-electron chi connectivity index (χ4n) is 3.11. The highest BCUT2D eigenvalue weighted by molar-refractivity contribution is 5.77. The van der Waals surface area contributed by atoms with E-state index in [9.17, 15) is 4.79 Å². The molecule has 2 aliphatic rings. The zero-order chi connectivity index (χ0) is 12.3. The summed E-state index contributed by atoms with van der Waals surface area (Å²) >= 11 is 0. The summed E-state index contributed by atoms with van der Waals surface area (Å²) in [6.45, 7) is 2.93. The van der Waals surface area contributed by atoms with Crippen molar-refractivity contribution in [1.29, 1.82) is 0 Å². The Bertz CT molecular complexity index is 263. The number of carbonyl (C=O) groups is 1. The molecule has 2 saturated carbocycles. The van der Waals surface area contributed by atoms with Gasteiger partial charge in [-0.1, -0.05) is 19.8 Å². The van der Waals surface area contributed by atoms with Crippen molar-refractivity contribution in [3.63, 3.8) is 0 Å². The SMILES string of the molecule is CC1CCCC(CC(=O)N(CCO)C2CC2)C1. The van der Waals surface area contributed by atoms with Crippen LogP contribution in [0.2, 0.25) is 0 Å². The molecule has 0 radical (unpaired) electrons. The lowest BCUT2D eigenvalue weighted by molar-refractivity contribution is -0.133. The van der Waals surface area contributed by atoms with Gasteiger partial charge in [0.05, 0.1) is 6.61 Å². The third kappa shape index (κ3) is 3.70. The average molecular weight is 239 g/mol. The molecule has 0 aliphatic heterocycles. The highest BCUT2D eigenvalue weighted by Crippen LogP contribution is 2.33. The van der Waals surface area contributed by atoms with Crippen molar-refractivity contribution in [2.45, 2.75) is 57.9 Å². The Hall–Kier alpha value is -0.570. The maximum atomic E-state index is 12.2. The Morgan fingerprint density at radius 2 is 2.06 bits per heavy atom. The van der Waals surface area contributed by atoms with Crippen molar-refractivity contribution in [2.75, 3.05) is 13.2 Å². The molecular weight excluding hydrogens is 214 g/mol. The third-order valence-electron chi connectivity index (χ3n) is 4.16. The normalized spacial score (nSPS) is 29.1. The predicted octanol–water partition coefficient (Wildman–Crippen LogP) is 2.19. The van der Waals surface area contributed by atoms with E-state index in [4.69, 9.17) is 5.11 Å². The van der Waals surface area contributed by atoms with Gasteiger partial charge in [-0.05, 0) is 37.5 Å². The van der Waals surface area contributed by atoms with Gasteiger partial charge in [-0.15, -0.1) is 0 Å². The summed E-state index contributed by atoms with van der Waals surface area (Å²) in [5.41, 5.74) is 0. The van der Waals surface area contributed by atoms with Gasteiger partial charge >= 0.3 is 0 Å². The van der Waals surface area contributed by atoms with E-state index in [1.165, 1.54) is 25.7 Å². The van der Waals surface area contributed by atoms with Gasteiger partial charge in [0.25, 0.3) is 0 Å². The Labute approximate surface area is 104 Å². The van der Waals surface area contributed by atoms with Crippen LogP contribution >= 0.6 is 0 Å². The fraction of sp³-hybridized carbons (Fsp3) is 0.929. The predicted molar refractivity (Wildman–Crippen MR) is 67.6 cm³/mol. The lowest BCUT2D eigenvalue weighted by Crippen LogP contribution is -2.37. The van der Waals surface area contributed by atoms with Gasteiger partial charge in [0.15, 0.2) is 0 Å². The molecule has 0 aromatic heterocycles. The Balaban J connectivity index is 1.81. The van der Waals surface area contributed by atoms with Crippen molar-refractivity contribution in [1.82, 2.24) is 4.90 Å². The minimum atomic E-state index is 0.101. The number of nitrogens with zero attached hydrogens (tertiary/aromatic N) is 1. The largest absolute Gasteiger partial charge is 0.395 e. The van der Waals surface area contributed by atoms with Crippen LogP contribution in [0.4, 0.5) is 0 Å². The molecule has 1 N–H and O–H groups in total. The number of hydrogen-bond acceptors (Lipinski definition) is 2.